The van der Waals surface area contributed by atoms with E-state index >= 15 is 0 Å². The number of aromatic nitrogens is 1. The van der Waals surface area contributed by atoms with Crippen molar-refractivity contribution in [1.82, 2.24) is 9.47 Å². The Bertz CT molecular complexity index is 654. The summed E-state index contributed by atoms with van der Waals surface area (Å²) in [6, 6.07) is 0. The Morgan fingerprint density at radius 1 is 1.30 bits per heavy atom. The highest BCUT2D eigenvalue weighted by molar-refractivity contribution is 8.26. The standard InChI is InChI=1S/C13H14N2OS4/c1-3-14-8-9(19-12(14)17)6-5-7-10-11(16)15(4-2)13(18)20-10/h5-8H,3-4H2,1-2H3. The first-order valence-electron chi connectivity index (χ1n) is 6.19. The molecule has 0 N–H and O–H groups in total. The third-order valence-electron chi connectivity index (χ3n) is 2.76. The molecule has 0 aromatic carbocycles. The van der Waals surface area contributed by atoms with Crippen LogP contribution in [-0.2, 0) is 11.3 Å². The number of allylic oxidation sites excluding steroid dienone is 2. The van der Waals surface area contributed by atoms with E-state index in [1.165, 1.54) is 11.8 Å². The smallest absolute Gasteiger partial charge is 0.266 e. The van der Waals surface area contributed by atoms with Crippen LogP contribution in [0.2, 0.25) is 0 Å². The van der Waals surface area contributed by atoms with Gasteiger partial charge in [0.05, 0.1) is 4.91 Å². The van der Waals surface area contributed by atoms with E-state index in [2.05, 4.69) is 6.92 Å². The molecule has 0 atom stereocenters. The van der Waals surface area contributed by atoms with Crippen LogP contribution in [0.5, 0.6) is 0 Å². The molecule has 7 heteroatoms. The van der Waals surface area contributed by atoms with E-state index < -0.39 is 0 Å². The van der Waals surface area contributed by atoms with Crippen molar-refractivity contribution in [1.29, 1.82) is 0 Å². The maximum Gasteiger partial charge on any atom is 0.266 e. The average Bonchev–Trinajstić information content (AvgIpc) is 2.90. The van der Waals surface area contributed by atoms with E-state index in [0.29, 0.717) is 15.8 Å². The Hall–Kier alpha value is -0.760. The van der Waals surface area contributed by atoms with Gasteiger partial charge in [0.25, 0.3) is 5.91 Å². The van der Waals surface area contributed by atoms with Crippen molar-refractivity contribution < 1.29 is 4.79 Å². The van der Waals surface area contributed by atoms with E-state index in [1.807, 2.05) is 35.9 Å². The van der Waals surface area contributed by atoms with Gasteiger partial charge in [-0.25, -0.2) is 0 Å². The number of rotatable bonds is 4. The lowest BCUT2D eigenvalue weighted by Gasteiger charge is -2.09. The summed E-state index contributed by atoms with van der Waals surface area (Å²) in [6.07, 6.45) is 7.68. The highest BCUT2D eigenvalue weighted by Gasteiger charge is 2.29. The summed E-state index contributed by atoms with van der Waals surface area (Å²) < 4.78 is 3.52. The summed E-state index contributed by atoms with van der Waals surface area (Å²) in [4.78, 5) is 15.4. The highest BCUT2D eigenvalue weighted by Crippen LogP contribution is 2.30. The second-order valence-corrected chi connectivity index (χ2v) is 7.38. The topological polar surface area (TPSA) is 25.2 Å². The van der Waals surface area contributed by atoms with E-state index in [9.17, 15) is 4.79 Å². The first-order chi connectivity index (χ1) is 9.56. The molecule has 0 spiro atoms. The molecule has 0 bridgehead atoms. The second-order valence-electron chi connectivity index (χ2n) is 3.99. The Labute approximate surface area is 137 Å². The number of hydrogen-bond acceptors (Lipinski definition) is 5. The first kappa shape index (κ1) is 15.6. The molecular weight excluding hydrogens is 328 g/mol. The third kappa shape index (κ3) is 3.28. The molecule has 0 unspecified atom stereocenters. The number of thioether (sulfide) groups is 1. The second kappa shape index (κ2) is 6.80. The van der Waals surface area contributed by atoms with Crippen LogP contribution in [0, 0.1) is 3.95 Å². The van der Waals surface area contributed by atoms with Gasteiger partial charge >= 0.3 is 0 Å². The number of aryl methyl sites for hydroxylation is 1. The van der Waals surface area contributed by atoms with Gasteiger partial charge in [-0.2, -0.15) is 0 Å². The fourth-order valence-electron chi connectivity index (χ4n) is 1.71. The summed E-state index contributed by atoms with van der Waals surface area (Å²) in [6.45, 7) is 5.47. The highest BCUT2D eigenvalue weighted by atomic mass is 32.2. The van der Waals surface area contributed by atoms with Crippen LogP contribution in [0.4, 0.5) is 0 Å². The number of carbonyl (C=O) groups excluding carboxylic acids is 1. The maximum absolute atomic E-state index is 12.0. The lowest BCUT2D eigenvalue weighted by molar-refractivity contribution is -0.122. The Balaban J connectivity index is 2.13. The van der Waals surface area contributed by atoms with Gasteiger partial charge in [0.1, 0.15) is 4.32 Å². The predicted molar refractivity (Wildman–Crippen MR) is 93.5 cm³/mol. The molecule has 1 aliphatic rings. The predicted octanol–water partition coefficient (Wildman–Crippen LogP) is 4.08. The van der Waals surface area contributed by atoms with Gasteiger partial charge in [-0.1, -0.05) is 30.1 Å². The van der Waals surface area contributed by atoms with E-state index in [1.54, 1.807) is 16.2 Å². The molecule has 1 amide bonds. The van der Waals surface area contributed by atoms with Crippen molar-refractivity contribution in [3.8, 4) is 0 Å². The maximum atomic E-state index is 12.0. The van der Waals surface area contributed by atoms with Crippen molar-refractivity contribution in [2.75, 3.05) is 6.54 Å². The summed E-state index contributed by atoms with van der Waals surface area (Å²) in [5.41, 5.74) is 0. The van der Waals surface area contributed by atoms with Gasteiger partial charge in [-0.15, -0.1) is 11.3 Å². The van der Waals surface area contributed by atoms with Gasteiger partial charge < -0.3 is 4.57 Å². The number of thiocarbonyl (C=S) groups is 1. The van der Waals surface area contributed by atoms with Crippen molar-refractivity contribution in [3.05, 3.63) is 32.1 Å². The minimum absolute atomic E-state index is 0.00842. The van der Waals surface area contributed by atoms with Gasteiger partial charge in [0, 0.05) is 24.2 Å². The van der Waals surface area contributed by atoms with Crippen LogP contribution in [-0.4, -0.2) is 26.2 Å². The number of carbonyl (C=O) groups is 1. The normalized spacial score (nSPS) is 17.9. The molecule has 1 aliphatic heterocycles. The van der Waals surface area contributed by atoms with Crippen molar-refractivity contribution in [3.63, 3.8) is 0 Å². The van der Waals surface area contributed by atoms with Crippen LogP contribution >= 0.6 is 47.5 Å². The molecular formula is C13H14N2OS4. The Morgan fingerprint density at radius 3 is 2.60 bits per heavy atom. The molecule has 0 radical (unpaired) electrons. The molecule has 3 nitrogen and oxygen atoms in total. The molecule has 106 valence electrons. The van der Waals surface area contributed by atoms with E-state index in [4.69, 9.17) is 24.4 Å². The first-order valence-corrected chi connectivity index (χ1v) is 8.64. The Morgan fingerprint density at radius 2 is 2.05 bits per heavy atom. The number of hydrogen-bond donors (Lipinski definition) is 0. The van der Waals surface area contributed by atoms with Crippen LogP contribution in [0.15, 0.2) is 23.3 Å². The van der Waals surface area contributed by atoms with Crippen LogP contribution < -0.4 is 0 Å². The quantitative estimate of drug-likeness (QED) is 0.608. The SMILES string of the molecule is CCN1C(=O)C(=CC=Cc2cn(CC)c(=S)s2)SC1=S. The molecule has 0 saturated carbocycles. The summed E-state index contributed by atoms with van der Waals surface area (Å²) in [5.74, 6) is -0.00842. The lowest BCUT2D eigenvalue weighted by Crippen LogP contribution is -2.27. The molecule has 1 fully saturated rings. The molecule has 2 heterocycles. The fraction of sp³-hybridized carbons (Fsp3) is 0.308. The fourth-order valence-corrected chi connectivity index (χ4v) is 4.34. The zero-order valence-electron chi connectivity index (χ0n) is 11.2. The minimum Gasteiger partial charge on any atom is -0.330 e. The van der Waals surface area contributed by atoms with Gasteiger partial charge in [-0.05, 0) is 38.2 Å². The van der Waals surface area contributed by atoms with Crippen LogP contribution in [0.3, 0.4) is 0 Å². The molecule has 1 saturated heterocycles. The van der Waals surface area contributed by atoms with Crippen molar-refractivity contribution in [2.45, 2.75) is 20.4 Å². The van der Waals surface area contributed by atoms with E-state index in [-0.39, 0.29) is 5.91 Å². The Kier molecular flexibility index (Phi) is 5.31. The van der Waals surface area contributed by atoms with Crippen molar-refractivity contribution >= 4 is 63.8 Å². The molecule has 20 heavy (non-hydrogen) atoms. The summed E-state index contributed by atoms with van der Waals surface area (Å²) in [7, 11) is 0. The van der Waals surface area contributed by atoms with Crippen molar-refractivity contribution in [2.24, 2.45) is 0 Å². The van der Waals surface area contributed by atoms with E-state index in [0.717, 1.165) is 15.4 Å². The number of amides is 1. The molecule has 2 rings (SSSR count). The number of likely N-dealkylation sites (N-methyl/N-ethyl adjacent to an activating group) is 1. The third-order valence-corrected chi connectivity index (χ3v) is 5.53. The van der Waals surface area contributed by atoms with Crippen LogP contribution in [0.1, 0.15) is 18.7 Å². The molecule has 0 aliphatic carbocycles. The minimum atomic E-state index is -0.00842. The lowest BCUT2D eigenvalue weighted by atomic mass is 10.4. The van der Waals surface area contributed by atoms with Crippen LogP contribution in [0.25, 0.3) is 6.08 Å². The average molecular weight is 343 g/mol. The zero-order valence-corrected chi connectivity index (χ0v) is 14.4. The zero-order chi connectivity index (χ0) is 14.7. The largest absolute Gasteiger partial charge is 0.330 e. The monoisotopic (exact) mass is 342 g/mol. The number of nitrogens with zero attached hydrogens (tertiary/aromatic N) is 2. The van der Waals surface area contributed by atoms with Gasteiger partial charge in [-0.3, -0.25) is 9.69 Å². The number of thiazole rings is 1. The molecule has 1 aromatic rings. The summed E-state index contributed by atoms with van der Waals surface area (Å²) >= 11 is 13.3. The molecule has 1 aromatic heterocycles. The van der Waals surface area contributed by atoms with Gasteiger partial charge in [0.2, 0.25) is 0 Å². The van der Waals surface area contributed by atoms with Gasteiger partial charge in [0.15, 0.2) is 3.95 Å². The summed E-state index contributed by atoms with van der Waals surface area (Å²) in [5, 5.41) is 0.